The van der Waals surface area contributed by atoms with Crippen LogP contribution in [-0.2, 0) is 0 Å². The van der Waals surface area contributed by atoms with Crippen molar-refractivity contribution < 1.29 is 0 Å². The molecule has 0 N–H and O–H groups in total. The third-order valence-corrected chi connectivity index (χ3v) is 3.31. The minimum absolute atomic E-state index is 1.23. The lowest BCUT2D eigenvalue weighted by Gasteiger charge is -2.28. The van der Waals surface area contributed by atoms with Crippen molar-refractivity contribution in [2.24, 2.45) is 0 Å². The van der Waals surface area contributed by atoms with Crippen LogP contribution in [-0.4, -0.2) is 75.1 Å². The average molecular weight is 243 g/mol. The van der Waals surface area contributed by atoms with Crippen LogP contribution < -0.4 is 0 Å². The Morgan fingerprint density at radius 1 is 0.471 bits per heavy atom. The van der Waals surface area contributed by atoms with Crippen LogP contribution in [0.2, 0.25) is 0 Å². The normalized spacial score (nSPS) is 23.1. The Labute approximate surface area is 109 Å². The molecular formula is C14H33N3. The minimum Gasteiger partial charge on any atom is -0.306 e. The molecule has 2 aliphatic heterocycles. The molecular weight excluding hydrogens is 210 g/mol. The van der Waals surface area contributed by atoms with E-state index in [9.17, 15) is 0 Å². The molecule has 0 atom stereocenters. The highest BCUT2D eigenvalue weighted by Crippen LogP contribution is 2.04. The van der Waals surface area contributed by atoms with E-state index < -0.39 is 0 Å². The van der Waals surface area contributed by atoms with Gasteiger partial charge < -0.3 is 14.7 Å². The number of piperidine rings is 1. The predicted octanol–water partition coefficient (Wildman–Crippen LogP) is 1.99. The molecule has 0 bridgehead atoms. The summed E-state index contributed by atoms with van der Waals surface area (Å²) in [6.07, 6.45) is 4.28. The van der Waals surface area contributed by atoms with E-state index in [1.54, 1.807) is 0 Å². The van der Waals surface area contributed by atoms with Crippen LogP contribution in [0, 0.1) is 0 Å². The largest absolute Gasteiger partial charge is 0.306 e. The third-order valence-electron chi connectivity index (χ3n) is 3.31. The van der Waals surface area contributed by atoms with Gasteiger partial charge in [0.25, 0.3) is 0 Å². The van der Waals surface area contributed by atoms with Gasteiger partial charge in [0.1, 0.15) is 0 Å². The van der Waals surface area contributed by atoms with Gasteiger partial charge in [-0.25, -0.2) is 0 Å². The molecule has 2 rings (SSSR count). The summed E-state index contributed by atoms with van der Waals surface area (Å²) >= 11 is 0. The molecule has 2 aliphatic rings. The second-order valence-electron chi connectivity index (χ2n) is 4.97. The fraction of sp³-hybridized carbons (Fsp3) is 1.00. The lowest BCUT2D eigenvalue weighted by atomic mass is 10.1. The lowest BCUT2D eigenvalue weighted by molar-refractivity contribution is 0.181. The van der Waals surface area contributed by atoms with Crippen molar-refractivity contribution in [2.75, 3.05) is 60.4 Å². The summed E-state index contributed by atoms with van der Waals surface area (Å²) in [7, 11) is 6.54. The van der Waals surface area contributed by atoms with E-state index in [0.717, 1.165) is 0 Å². The average Bonchev–Trinajstić information content (AvgIpc) is 2.37. The molecule has 0 aromatic carbocycles. The molecule has 0 radical (unpaired) electrons. The second kappa shape index (κ2) is 11.0. The first-order valence-corrected chi connectivity index (χ1v) is 7.24. The first-order chi connectivity index (χ1) is 8.18. The quantitative estimate of drug-likeness (QED) is 0.644. The van der Waals surface area contributed by atoms with Crippen LogP contribution in [0.4, 0.5) is 0 Å². The van der Waals surface area contributed by atoms with E-state index in [1.165, 1.54) is 58.5 Å². The first-order valence-electron chi connectivity index (χ1n) is 7.24. The van der Waals surface area contributed by atoms with Gasteiger partial charge in [-0.15, -0.1) is 0 Å². The highest BCUT2D eigenvalue weighted by atomic mass is 15.2. The molecule has 0 unspecified atom stereocenters. The smallest absolute Gasteiger partial charge is 0.0107 e. The maximum absolute atomic E-state index is 2.39. The van der Waals surface area contributed by atoms with Crippen molar-refractivity contribution in [2.45, 2.75) is 33.1 Å². The molecule has 104 valence electrons. The van der Waals surface area contributed by atoms with Crippen molar-refractivity contribution in [1.82, 2.24) is 14.7 Å². The zero-order chi connectivity index (χ0) is 13.1. The Bertz CT molecular complexity index is 138. The van der Waals surface area contributed by atoms with Gasteiger partial charge in [0.2, 0.25) is 0 Å². The lowest BCUT2D eigenvalue weighted by Crippen LogP contribution is -2.42. The third kappa shape index (κ3) is 9.57. The predicted molar refractivity (Wildman–Crippen MR) is 77.7 cm³/mol. The summed E-state index contributed by atoms with van der Waals surface area (Å²) in [5, 5.41) is 0. The fourth-order valence-electron chi connectivity index (χ4n) is 1.96. The highest BCUT2D eigenvalue weighted by molar-refractivity contribution is 4.64. The maximum atomic E-state index is 2.39. The van der Waals surface area contributed by atoms with Gasteiger partial charge in [0.15, 0.2) is 0 Å². The van der Waals surface area contributed by atoms with E-state index >= 15 is 0 Å². The van der Waals surface area contributed by atoms with Crippen LogP contribution in [0.5, 0.6) is 0 Å². The van der Waals surface area contributed by atoms with E-state index in [4.69, 9.17) is 0 Å². The van der Waals surface area contributed by atoms with Crippen molar-refractivity contribution in [3.05, 3.63) is 0 Å². The monoisotopic (exact) mass is 243 g/mol. The summed E-state index contributed by atoms with van der Waals surface area (Å²) in [5.74, 6) is 0. The Morgan fingerprint density at radius 2 is 0.765 bits per heavy atom. The Hall–Kier alpha value is -0.120. The number of likely N-dealkylation sites (tertiary alicyclic amines) is 1. The molecule has 2 heterocycles. The summed E-state index contributed by atoms with van der Waals surface area (Å²) in [4.78, 5) is 7.11. The molecule has 0 aliphatic carbocycles. The number of piperazine rings is 1. The Morgan fingerprint density at radius 3 is 1.00 bits per heavy atom. The minimum atomic E-state index is 1.23. The molecule has 0 amide bonds. The fourth-order valence-corrected chi connectivity index (χ4v) is 1.96. The van der Waals surface area contributed by atoms with Crippen molar-refractivity contribution >= 4 is 0 Å². The SMILES string of the molecule is CC.CN1CCCCC1.CN1CCN(C)CC1. The van der Waals surface area contributed by atoms with Gasteiger partial charge in [-0.2, -0.15) is 0 Å². The zero-order valence-electron chi connectivity index (χ0n) is 12.7. The summed E-state index contributed by atoms with van der Waals surface area (Å²) in [5.41, 5.74) is 0. The standard InChI is InChI=1S/C6H14N2.C6H13N.C2H6/c1-7-3-5-8(2)6-4-7;1-7-5-3-2-4-6-7;1-2/h3-6H2,1-2H3;2-6H2,1H3;1-2H3. The summed E-state index contributed by atoms with van der Waals surface area (Å²) in [6, 6.07) is 0. The van der Waals surface area contributed by atoms with E-state index in [2.05, 4.69) is 35.8 Å². The van der Waals surface area contributed by atoms with Gasteiger partial charge in [-0.1, -0.05) is 20.3 Å². The summed E-state index contributed by atoms with van der Waals surface area (Å²) in [6.45, 7) is 11.6. The number of hydrogen-bond donors (Lipinski definition) is 0. The topological polar surface area (TPSA) is 9.72 Å². The molecule has 3 heteroatoms. The van der Waals surface area contributed by atoms with E-state index in [-0.39, 0.29) is 0 Å². The molecule has 2 fully saturated rings. The highest BCUT2D eigenvalue weighted by Gasteiger charge is 2.07. The molecule has 0 aromatic heterocycles. The van der Waals surface area contributed by atoms with E-state index in [1.807, 2.05) is 13.8 Å². The zero-order valence-corrected chi connectivity index (χ0v) is 12.7. The Balaban J connectivity index is 0.000000265. The molecule has 3 nitrogen and oxygen atoms in total. The van der Waals surface area contributed by atoms with Gasteiger partial charge >= 0.3 is 0 Å². The molecule has 2 saturated heterocycles. The van der Waals surface area contributed by atoms with Crippen molar-refractivity contribution in [3.63, 3.8) is 0 Å². The molecule has 0 saturated carbocycles. The van der Waals surface area contributed by atoms with E-state index in [0.29, 0.717) is 0 Å². The van der Waals surface area contributed by atoms with Crippen molar-refractivity contribution in [1.29, 1.82) is 0 Å². The number of rotatable bonds is 0. The van der Waals surface area contributed by atoms with Gasteiger partial charge in [-0.3, -0.25) is 0 Å². The number of nitrogens with zero attached hydrogens (tertiary/aromatic N) is 3. The molecule has 17 heavy (non-hydrogen) atoms. The number of likely N-dealkylation sites (N-methyl/N-ethyl adjacent to an activating group) is 2. The van der Waals surface area contributed by atoms with Crippen LogP contribution in [0.15, 0.2) is 0 Å². The Kier molecular flexibility index (Phi) is 10.9. The maximum Gasteiger partial charge on any atom is 0.0107 e. The van der Waals surface area contributed by atoms with Crippen LogP contribution in [0.25, 0.3) is 0 Å². The van der Waals surface area contributed by atoms with Crippen LogP contribution in [0.3, 0.4) is 0 Å². The second-order valence-corrected chi connectivity index (χ2v) is 4.97. The van der Waals surface area contributed by atoms with Gasteiger partial charge in [0, 0.05) is 26.2 Å². The summed E-state index contributed by atoms with van der Waals surface area (Å²) < 4.78 is 0. The van der Waals surface area contributed by atoms with Gasteiger partial charge in [-0.05, 0) is 47.1 Å². The van der Waals surface area contributed by atoms with Gasteiger partial charge in [0.05, 0.1) is 0 Å². The van der Waals surface area contributed by atoms with Crippen LogP contribution in [0.1, 0.15) is 33.1 Å². The molecule has 0 spiro atoms. The molecule has 0 aromatic rings. The number of hydrogen-bond acceptors (Lipinski definition) is 3. The van der Waals surface area contributed by atoms with Crippen LogP contribution >= 0.6 is 0 Å². The van der Waals surface area contributed by atoms with Crippen molar-refractivity contribution in [3.8, 4) is 0 Å². The first kappa shape index (κ1) is 16.9.